The second kappa shape index (κ2) is 6.85. The van der Waals surface area contributed by atoms with Gasteiger partial charge in [-0.05, 0) is 19.1 Å². The molecule has 0 unspecified atom stereocenters. The number of amides is 2. The van der Waals surface area contributed by atoms with Crippen LogP contribution in [0.1, 0.15) is 11.3 Å². The molecule has 0 saturated heterocycles. The van der Waals surface area contributed by atoms with Crippen molar-refractivity contribution < 1.29 is 14.3 Å². The average molecular weight is 305 g/mol. The fourth-order valence-electron chi connectivity index (χ4n) is 1.59. The van der Waals surface area contributed by atoms with Crippen LogP contribution in [0, 0.1) is 6.92 Å². The van der Waals surface area contributed by atoms with Crippen LogP contribution >= 0.6 is 11.3 Å². The summed E-state index contributed by atoms with van der Waals surface area (Å²) < 4.78 is 4.47. The quantitative estimate of drug-likeness (QED) is 0.910. The van der Waals surface area contributed by atoms with E-state index in [9.17, 15) is 9.59 Å². The third-order valence-corrected chi connectivity index (χ3v) is 3.43. The molecule has 0 aliphatic carbocycles. The van der Waals surface area contributed by atoms with E-state index < -0.39 is 6.09 Å². The number of anilines is 2. The van der Waals surface area contributed by atoms with Gasteiger partial charge in [-0.2, -0.15) is 0 Å². The van der Waals surface area contributed by atoms with Gasteiger partial charge >= 0.3 is 6.09 Å². The standard InChI is InChI=1S/C14H15N3O3S/c1-9-3-5-10(6-4-9)15-12(18)7-11-8-21-13(16-11)17-14(19)20-2/h3-6,8H,7H2,1-2H3,(H,15,18)(H,16,17,19). The van der Waals surface area contributed by atoms with E-state index >= 15 is 0 Å². The Bertz CT molecular complexity index is 637. The first-order valence-corrected chi connectivity index (χ1v) is 7.10. The number of hydrogen-bond donors (Lipinski definition) is 2. The summed E-state index contributed by atoms with van der Waals surface area (Å²) in [5, 5.41) is 7.37. The topological polar surface area (TPSA) is 80.3 Å². The number of ether oxygens (including phenoxy) is 1. The van der Waals surface area contributed by atoms with Gasteiger partial charge in [-0.3, -0.25) is 10.1 Å². The average Bonchev–Trinajstić information content (AvgIpc) is 2.88. The van der Waals surface area contributed by atoms with Gasteiger partial charge in [0.15, 0.2) is 5.13 Å². The summed E-state index contributed by atoms with van der Waals surface area (Å²) in [5.41, 5.74) is 2.47. The Balaban J connectivity index is 1.90. The van der Waals surface area contributed by atoms with E-state index in [2.05, 4.69) is 20.4 Å². The number of nitrogens with one attached hydrogen (secondary N) is 2. The lowest BCUT2D eigenvalue weighted by atomic mass is 10.2. The molecule has 110 valence electrons. The van der Waals surface area contributed by atoms with Crippen molar-refractivity contribution in [3.8, 4) is 0 Å². The molecule has 2 aromatic rings. The number of carbonyl (C=O) groups is 2. The molecule has 1 aromatic heterocycles. The zero-order valence-corrected chi connectivity index (χ0v) is 12.5. The second-order valence-corrected chi connectivity index (χ2v) is 5.21. The SMILES string of the molecule is COC(=O)Nc1nc(CC(=O)Nc2ccc(C)cc2)cs1. The van der Waals surface area contributed by atoms with Crippen LogP contribution in [0.15, 0.2) is 29.6 Å². The molecule has 2 amide bonds. The molecule has 0 fully saturated rings. The summed E-state index contributed by atoms with van der Waals surface area (Å²) in [6, 6.07) is 7.55. The minimum Gasteiger partial charge on any atom is -0.453 e. The minimum absolute atomic E-state index is 0.146. The maximum atomic E-state index is 11.9. The molecule has 0 atom stereocenters. The summed E-state index contributed by atoms with van der Waals surface area (Å²) in [6.45, 7) is 1.98. The highest BCUT2D eigenvalue weighted by atomic mass is 32.1. The van der Waals surface area contributed by atoms with E-state index in [4.69, 9.17) is 0 Å². The number of methoxy groups -OCH3 is 1. The van der Waals surface area contributed by atoms with Gasteiger partial charge in [-0.25, -0.2) is 9.78 Å². The molecule has 0 aliphatic rings. The Morgan fingerprint density at radius 2 is 1.95 bits per heavy atom. The predicted molar refractivity (Wildman–Crippen MR) is 81.7 cm³/mol. The molecule has 1 aromatic carbocycles. The number of aromatic nitrogens is 1. The molecule has 2 N–H and O–H groups in total. The molecular formula is C14H15N3O3S. The zero-order valence-electron chi connectivity index (χ0n) is 11.7. The number of thiazole rings is 1. The highest BCUT2D eigenvalue weighted by Crippen LogP contribution is 2.16. The first-order valence-electron chi connectivity index (χ1n) is 6.22. The van der Waals surface area contributed by atoms with Crippen LogP contribution in [0.3, 0.4) is 0 Å². The predicted octanol–water partition coefficient (Wildman–Crippen LogP) is 2.81. The third-order valence-electron chi connectivity index (χ3n) is 2.62. The molecule has 0 radical (unpaired) electrons. The highest BCUT2D eigenvalue weighted by Gasteiger charge is 2.10. The number of nitrogens with zero attached hydrogens (tertiary/aromatic N) is 1. The molecule has 21 heavy (non-hydrogen) atoms. The summed E-state index contributed by atoms with van der Waals surface area (Å²) in [7, 11) is 1.28. The number of benzene rings is 1. The van der Waals surface area contributed by atoms with Crippen molar-refractivity contribution >= 4 is 34.2 Å². The molecule has 6 nitrogen and oxygen atoms in total. The van der Waals surface area contributed by atoms with Gasteiger partial charge in [-0.15, -0.1) is 11.3 Å². The lowest BCUT2D eigenvalue weighted by molar-refractivity contribution is -0.115. The molecule has 0 spiro atoms. The van der Waals surface area contributed by atoms with E-state index in [0.29, 0.717) is 10.8 Å². The second-order valence-electron chi connectivity index (χ2n) is 4.35. The van der Waals surface area contributed by atoms with Crippen LogP contribution in [0.25, 0.3) is 0 Å². The Hall–Kier alpha value is -2.41. The van der Waals surface area contributed by atoms with E-state index in [-0.39, 0.29) is 12.3 Å². The zero-order chi connectivity index (χ0) is 15.2. The van der Waals surface area contributed by atoms with E-state index in [1.165, 1.54) is 18.4 Å². The summed E-state index contributed by atoms with van der Waals surface area (Å²) in [6.07, 6.45) is -0.437. The van der Waals surface area contributed by atoms with Crippen LogP contribution < -0.4 is 10.6 Å². The van der Waals surface area contributed by atoms with Crippen molar-refractivity contribution in [2.24, 2.45) is 0 Å². The smallest absolute Gasteiger partial charge is 0.413 e. The van der Waals surface area contributed by atoms with Crippen molar-refractivity contribution in [2.45, 2.75) is 13.3 Å². The van der Waals surface area contributed by atoms with E-state index in [0.717, 1.165) is 11.3 Å². The molecule has 0 aliphatic heterocycles. The Labute approximate surface area is 126 Å². The first-order chi connectivity index (χ1) is 10.1. The highest BCUT2D eigenvalue weighted by molar-refractivity contribution is 7.13. The number of carbonyl (C=O) groups excluding carboxylic acids is 2. The van der Waals surface area contributed by atoms with E-state index in [1.54, 1.807) is 5.38 Å². The number of hydrogen-bond acceptors (Lipinski definition) is 5. The van der Waals surface area contributed by atoms with E-state index in [1.807, 2.05) is 31.2 Å². The van der Waals surface area contributed by atoms with Gasteiger partial charge < -0.3 is 10.1 Å². The minimum atomic E-state index is -0.583. The van der Waals surface area contributed by atoms with Crippen molar-refractivity contribution in [2.75, 3.05) is 17.7 Å². The fourth-order valence-corrected chi connectivity index (χ4v) is 2.29. The van der Waals surface area contributed by atoms with Gasteiger partial charge in [-0.1, -0.05) is 17.7 Å². The number of rotatable bonds is 4. The molecule has 1 heterocycles. The van der Waals surface area contributed by atoms with Crippen LogP contribution in [0.5, 0.6) is 0 Å². The first kappa shape index (κ1) is 15.0. The van der Waals surface area contributed by atoms with Crippen molar-refractivity contribution in [3.05, 3.63) is 40.9 Å². The van der Waals surface area contributed by atoms with Crippen molar-refractivity contribution in [1.29, 1.82) is 0 Å². The van der Waals surface area contributed by atoms with Crippen LogP contribution in [0.2, 0.25) is 0 Å². The lowest BCUT2D eigenvalue weighted by Crippen LogP contribution is -2.15. The largest absolute Gasteiger partial charge is 0.453 e. The van der Waals surface area contributed by atoms with Crippen LogP contribution in [-0.2, 0) is 16.0 Å². The Morgan fingerprint density at radius 3 is 2.62 bits per heavy atom. The lowest BCUT2D eigenvalue weighted by Gasteiger charge is -2.04. The van der Waals surface area contributed by atoms with Gasteiger partial charge in [0, 0.05) is 11.1 Å². The Kier molecular flexibility index (Phi) is 4.89. The monoisotopic (exact) mass is 305 g/mol. The molecular weight excluding hydrogens is 290 g/mol. The summed E-state index contributed by atoms with van der Waals surface area (Å²) in [4.78, 5) is 27.1. The maximum Gasteiger partial charge on any atom is 0.413 e. The molecule has 0 saturated carbocycles. The third kappa shape index (κ3) is 4.57. The van der Waals surface area contributed by atoms with Gasteiger partial charge in [0.2, 0.25) is 5.91 Å². The molecule has 2 rings (SSSR count). The van der Waals surface area contributed by atoms with Gasteiger partial charge in [0.1, 0.15) is 0 Å². The van der Waals surface area contributed by atoms with Gasteiger partial charge in [0.25, 0.3) is 0 Å². The van der Waals surface area contributed by atoms with Crippen molar-refractivity contribution in [1.82, 2.24) is 4.98 Å². The maximum absolute atomic E-state index is 11.9. The van der Waals surface area contributed by atoms with Crippen LogP contribution in [-0.4, -0.2) is 24.1 Å². The van der Waals surface area contributed by atoms with Crippen molar-refractivity contribution in [3.63, 3.8) is 0 Å². The van der Waals surface area contributed by atoms with Gasteiger partial charge in [0.05, 0.1) is 19.2 Å². The summed E-state index contributed by atoms with van der Waals surface area (Å²) in [5.74, 6) is -0.159. The molecule has 7 heteroatoms. The number of aryl methyl sites for hydroxylation is 1. The normalized spacial score (nSPS) is 10.0. The van der Waals surface area contributed by atoms with Crippen LogP contribution in [0.4, 0.5) is 15.6 Å². The summed E-state index contributed by atoms with van der Waals surface area (Å²) >= 11 is 1.24. The molecule has 0 bridgehead atoms. The fraction of sp³-hybridized carbons (Fsp3) is 0.214. The Morgan fingerprint density at radius 1 is 1.24 bits per heavy atom.